The lowest BCUT2D eigenvalue weighted by Gasteiger charge is -2.25. The number of anilines is 1. The second kappa shape index (κ2) is 13.1. The smallest absolute Gasteiger partial charge is 0.269 e. The fourth-order valence-electron chi connectivity index (χ4n) is 4.97. The summed E-state index contributed by atoms with van der Waals surface area (Å²) in [5.41, 5.74) is 2.23. The van der Waals surface area contributed by atoms with Gasteiger partial charge >= 0.3 is 0 Å². The predicted octanol–water partition coefficient (Wildman–Crippen LogP) is 7.24. The van der Waals surface area contributed by atoms with Gasteiger partial charge in [0.15, 0.2) is 16.7 Å². The van der Waals surface area contributed by atoms with Crippen LogP contribution in [0.1, 0.15) is 30.4 Å². The number of halogens is 3. The third-order valence-electron chi connectivity index (χ3n) is 7.17. The molecule has 1 aromatic heterocycles. The maximum Gasteiger partial charge on any atom is 0.269 e. The minimum Gasteiger partial charge on any atom is -0.497 e. The molecular formula is C31H29F3N2O5S2. The molecule has 0 amide bonds. The van der Waals surface area contributed by atoms with Gasteiger partial charge in [0.05, 0.1) is 27.4 Å². The summed E-state index contributed by atoms with van der Waals surface area (Å²) < 4.78 is 89.1. The van der Waals surface area contributed by atoms with Crippen LogP contribution in [0, 0.1) is 23.4 Å². The molecule has 12 heteroatoms. The van der Waals surface area contributed by atoms with Crippen LogP contribution < -0.4 is 18.5 Å². The quantitative estimate of drug-likeness (QED) is 0.174. The number of ether oxygens (including phenoxy) is 3. The molecule has 0 radical (unpaired) electrons. The Morgan fingerprint density at radius 2 is 1.77 bits per heavy atom. The van der Waals surface area contributed by atoms with E-state index >= 15 is 8.78 Å². The van der Waals surface area contributed by atoms with Gasteiger partial charge in [-0.2, -0.15) is 0 Å². The van der Waals surface area contributed by atoms with E-state index in [9.17, 15) is 12.8 Å². The first kappa shape index (κ1) is 30.4. The molecule has 226 valence electrons. The van der Waals surface area contributed by atoms with Gasteiger partial charge in [-0.15, -0.1) is 11.3 Å². The van der Waals surface area contributed by atoms with Gasteiger partial charge in [-0.3, -0.25) is 0 Å². The van der Waals surface area contributed by atoms with Crippen LogP contribution in [-0.4, -0.2) is 34.2 Å². The van der Waals surface area contributed by atoms with E-state index in [0.29, 0.717) is 23.1 Å². The van der Waals surface area contributed by atoms with E-state index in [2.05, 4.69) is 4.98 Å². The van der Waals surface area contributed by atoms with E-state index in [1.165, 1.54) is 32.5 Å². The van der Waals surface area contributed by atoms with Crippen molar-refractivity contribution < 1.29 is 35.8 Å². The molecule has 0 fully saturated rings. The zero-order chi connectivity index (χ0) is 30.6. The van der Waals surface area contributed by atoms with E-state index in [0.717, 1.165) is 52.1 Å². The number of aromatic nitrogens is 1. The van der Waals surface area contributed by atoms with Crippen LogP contribution in [0.25, 0.3) is 5.57 Å². The topological polar surface area (TPSA) is 78.0 Å². The van der Waals surface area contributed by atoms with Crippen molar-refractivity contribution in [3.8, 4) is 17.2 Å². The molecule has 4 aromatic rings. The number of hydrogen-bond acceptors (Lipinski definition) is 7. The van der Waals surface area contributed by atoms with Crippen molar-refractivity contribution in [1.82, 2.24) is 4.98 Å². The minimum atomic E-state index is -4.63. The monoisotopic (exact) mass is 630 g/mol. The Balaban J connectivity index is 1.41. The van der Waals surface area contributed by atoms with Crippen molar-refractivity contribution in [3.63, 3.8) is 0 Å². The molecule has 0 saturated carbocycles. The summed E-state index contributed by atoms with van der Waals surface area (Å²) in [4.78, 5) is 3.26. The number of sulfonamides is 1. The Kier molecular flexibility index (Phi) is 9.26. The van der Waals surface area contributed by atoms with E-state index in [4.69, 9.17) is 14.2 Å². The van der Waals surface area contributed by atoms with E-state index in [-0.39, 0.29) is 30.0 Å². The molecule has 1 atom stereocenters. The molecular weight excluding hydrogens is 601 g/mol. The van der Waals surface area contributed by atoms with Gasteiger partial charge in [-0.25, -0.2) is 30.9 Å². The third-order valence-corrected chi connectivity index (χ3v) is 9.83. The SMILES string of the molecule is COc1ccc(CN(c2nccs2)S(=O)(=O)c2cc(F)c(OCC3CCCC=C3c3ccc(F)cc3)cc2F)c(OC)c1. The number of thiazole rings is 1. The molecule has 43 heavy (non-hydrogen) atoms. The normalized spacial score (nSPS) is 15.1. The summed E-state index contributed by atoms with van der Waals surface area (Å²) in [6.45, 7) is -0.226. The molecule has 1 aliphatic rings. The van der Waals surface area contributed by atoms with E-state index < -0.39 is 32.3 Å². The molecule has 1 heterocycles. The molecule has 5 rings (SSSR count). The lowest BCUT2D eigenvalue weighted by atomic mass is 9.84. The van der Waals surface area contributed by atoms with E-state index in [1.54, 1.807) is 35.7 Å². The summed E-state index contributed by atoms with van der Waals surface area (Å²) >= 11 is 1.03. The van der Waals surface area contributed by atoms with Gasteiger partial charge in [-0.05, 0) is 54.7 Å². The predicted molar refractivity (Wildman–Crippen MR) is 159 cm³/mol. The Labute approximate surface area is 252 Å². The van der Waals surface area contributed by atoms with Crippen LogP contribution >= 0.6 is 11.3 Å². The second-order valence-electron chi connectivity index (χ2n) is 9.82. The van der Waals surface area contributed by atoms with Crippen LogP contribution in [0.3, 0.4) is 0 Å². The molecule has 0 bridgehead atoms. The van der Waals surface area contributed by atoms with Crippen molar-refractivity contribution in [2.24, 2.45) is 5.92 Å². The minimum absolute atomic E-state index is 0.0359. The highest BCUT2D eigenvalue weighted by molar-refractivity contribution is 7.93. The summed E-state index contributed by atoms with van der Waals surface area (Å²) in [6, 6.07) is 12.3. The van der Waals surface area contributed by atoms with Crippen LogP contribution in [0.2, 0.25) is 0 Å². The molecule has 0 spiro atoms. The maximum atomic E-state index is 15.5. The first-order valence-electron chi connectivity index (χ1n) is 13.4. The summed E-state index contributed by atoms with van der Waals surface area (Å²) in [5, 5.41) is 1.65. The largest absolute Gasteiger partial charge is 0.497 e. The van der Waals surface area contributed by atoms with Crippen molar-refractivity contribution in [2.75, 3.05) is 25.1 Å². The number of benzene rings is 3. The summed E-state index contributed by atoms with van der Waals surface area (Å²) in [6.07, 6.45) is 5.94. The fraction of sp³-hybridized carbons (Fsp3) is 0.258. The van der Waals surface area contributed by atoms with Crippen molar-refractivity contribution >= 4 is 32.1 Å². The van der Waals surface area contributed by atoms with Crippen LogP contribution in [-0.2, 0) is 16.6 Å². The van der Waals surface area contributed by atoms with Gasteiger partial charge in [0.1, 0.15) is 28.0 Å². The highest BCUT2D eigenvalue weighted by Gasteiger charge is 2.32. The molecule has 7 nitrogen and oxygen atoms in total. The Bertz CT molecular complexity index is 1710. The summed E-state index contributed by atoms with van der Waals surface area (Å²) in [7, 11) is -1.71. The standard InChI is InChI=1S/C31H29F3N2O5S2/c1-39-24-12-9-21(28(15-24)40-2)18-36(31-35-13-14-42-31)43(37,38)30-17-26(33)29(16-27(30)34)41-19-22-5-3-4-6-25(22)20-7-10-23(32)11-8-20/h6-17,22H,3-5,18-19H2,1-2H3. The fourth-order valence-corrected chi connectivity index (χ4v) is 7.30. The Morgan fingerprint density at radius 3 is 2.47 bits per heavy atom. The highest BCUT2D eigenvalue weighted by Crippen LogP contribution is 2.36. The van der Waals surface area contributed by atoms with Crippen molar-refractivity contribution in [3.05, 3.63) is 101 Å². The van der Waals surface area contributed by atoms with Gasteiger partial charge in [0.25, 0.3) is 10.0 Å². The Morgan fingerprint density at radius 1 is 0.977 bits per heavy atom. The highest BCUT2D eigenvalue weighted by atomic mass is 32.2. The first-order valence-corrected chi connectivity index (χ1v) is 15.7. The average Bonchev–Trinajstić information content (AvgIpc) is 3.55. The zero-order valence-electron chi connectivity index (χ0n) is 23.4. The number of hydrogen-bond donors (Lipinski definition) is 0. The third kappa shape index (κ3) is 6.65. The number of nitrogens with zero attached hydrogens (tertiary/aromatic N) is 2. The molecule has 1 aliphatic carbocycles. The zero-order valence-corrected chi connectivity index (χ0v) is 25.1. The molecule has 1 unspecified atom stereocenters. The van der Waals surface area contributed by atoms with Gasteiger partial charge in [0, 0.05) is 41.3 Å². The molecule has 0 saturated heterocycles. The van der Waals surface area contributed by atoms with Gasteiger partial charge < -0.3 is 14.2 Å². The second-order valence-corrected chi connectivity index (χ2v) is 12.5. The van der Waals surface area contributed by atoms with Crippen LogP contribution in [0.15, 0.2) is 77.1 Å². The van der Waals surface area contributed by atoms with Crippen LogP contribution in [0.4, 0.5) is 18.3 Å². The molecule has 0 aliphatic heterocycles. The number of rotatable bonds is 11. The summed E-state index contributed by atoms with van der Waals surface area (Å²) in [5.74, 6) is -2.23. The average molecular weight is 631 g/mol. The number of methoxy groups -OCH3 is 2. The van der Waals surface area contributed by atoms with Crippen LogP contribution in [0.5, 0.6) is 17.2 Å². The number of allylic oxidation sites excluding steroid dienone is 1. The Hall–Kier alpha value is -4.03. The first-order chi connectivity index (χ1) is 20.7. The van der Waals surface area contributed by atoms with Crippen molar-refractivity contribution in [2.45, 2.75) is 30.7 Å². The van der Waals surface area contributed by atoms with Gasteiger partial charge in [-0.1, -0.05) is 18.2 Å². The lowest BCUT2D eigenvalue weighted by molar-refractivity contribution is 0.255. The van der Waals surface area contributed by atoms with Gasteiger partial charge in [0.2, 0.25) is 0 Å². The maximum absolute atomic E-state index is 15.5. The van der Waals surface area contributed by atoms with Crippen molar-refractivity contribution in [1.29, 1.82) is 0 Å². The van der Waals surface area contributed by atoms with E-state index in [1.807, 2.05) is 6.08 Å². The molecule has 0 N–H and O–H groups in total. The molecule has 3 aromatic carbocycles. The lowest BCUT2D eigenvalue weighted by Crippen LogP contribution is -2.31.